The van der Waals surface area contributed by atoms with E-state index in [1.807, 2.05) is 30.5 Å². The van der Waals surface area contributed by atoms with E-state index < -0.39 is 6.04 Å². The predicted molar refractivity (Wildman–Crippen MR) is 85.0 cm³/mol. The number of esters is 1. The van der Waals surface area contributed by atoms with E-state index in [0.717, 1.165) is 29.3 Å². The number of fused-ring (bicyclic) bond motifs is 1. The summed E-state index contributed by atoms with van der Waals surface area (Å²) in [6, 6.07) is 7.39. The minimum absolute atomic E-state index is 0.316. The lowest BCUT2D eigenvalue weighted by atomic mass is 10.1. The second-order valence-corrected chi connectivity index (χ2v) is 5.87. The molecule has 2 rings (SSSR count). The third-order valence-corrected chi connectivity index (χ3v) is 3.59. The largest absolute Gasteiger partial charge is 0.465 e. The maximum atomic E-state index is 11.9. The number of para-hydroxylation sites is 1. The molecule has 0 saturated heterocycles. The molecule has 0 unspecified atom stereocenters. The third-order valence-electron chi connectivity index (χ3n) is 3.59. The number of nitrogens with one attached hydrogen (secondary N) is 1. The van der Waals surface area contributed by atoms with Gasteiger partial charge in [0.25, 0.3) is 0 Å². The van der Waals surface area contributed by atoms with Crippen LogP contribution in [-0.2, 0) is 16.0 Å². The maximum absolute atomic E-state index is 11.9. The first-order chi connectivity index (χ1) is 10.1. The van der Waals surface area contributed by atoms with Crippen LogP contribution < -0.4 is 5.73 Å². The van der Waals surface area contributed by atoms with Crippen LogP contribution in [0.25, 0.3) is 10.9 Å². The highest BCUT2D eigenvalue weighted by Gasteiger charge is 2.17. The van der Waals surface area contributed by atoms with Gasteiger partial charge >= 0.3 is 5.97 Å². The topological polar surface area (TPSA) is 68.1 Å². The molecular formula is C17H24N2O2. The van der Waals surface area contributed by atoms with Gasteiger partial charge in [-0.1, -0.05) is 32.0 Å². The number of aromatic nitrogens is 1. The van der Waals surface area contributed by atoms with Crippen LogP contribution in [0.3, 0.4) is 0 Å². The molecule has 1 aromatic heterocycles. The normalized spacial score (nSPS) is 12.8. The average molecular weight is 288 g/mol. The molecule has 1 aromatic carbocycles. The van der Waals surface area contributed by atoms with E-state index in [-0.39, 0.29) is 5.97 Å². The first-order valence-corrected chi connectivity index (χ1v) is 7.55. The lowest BCUT2D eigenvalue weighted by molar-refractivity contribution is -0.145. The molecule has 0 aliphatic carbocycles. The molecule has 0 spiro atoms. The standard InChI is InChI=1S/C17H24N2O2/c1-12(2)6-5-9-21-17(20)15(18)10-13-11-19-16-8-4-3-7-14(13)16/h3-4,7-8,11-12,15,19H,5-6,9-10,18H2,1-2H3/t15-/m1/s1. The molecule has 0 radical (unpaired) electrons. The number of carbonyl (C=O) groups excluding carboxylic acids is 1. The summed E-state index contributed by atoms with van der Waals surface area (Å²) in [5.41, 5.74) is 8.07. The maximum Gasteiger partial charge on any atom is 0.323 e. The minimum Gasteiger partial charge on any atom is -0.465 e. The molecule has 0 aliphatic rings. The van der Waals surface area contributed by atoms with E-state index in [4.69, 9.17) is 10.5 Å². The summed E-state index contributed by atoms with van der Waals surface area (Å²) in [4.78, 5) is 15.1. The van der Waals surface area contributed by atoms with E-state index in [2.05, 4.69) is 18.8 Å². The first-order valence-electron chi connectivity index (χ1n) is 7.55. The molecule has 21 heavy (non-hydrogen) atoms. The highest BCUT2D eigenvalue weighted by molar-refractivity contribution is 5.84. The van der Waals surface area contributed by atoms with Crippen LogP contribution in [0, 0.1) is 5.92 Å². The van der Waals surface area contributed by atoms with Gasteiger partial charge in [-0.15, -0.1) is 0 Å². The summed E-state index contributed by atoms with van der Waals surface area (Å²) in [5.74, 6) is 0.313. The minimum atomic E-state index is -0.608. The smallest absolute Gasteiger partial charge is 0.323 e. The molecule has 0 aliphatic heterocycles. The summed E-state index contributed by atoms with van der Waals surface area (Å²) >= 11 is 0. The molecule has 2 aromatic rings. The Hall–Kier alpha value is -1.81. The van der Waals surface area contributed by atoms with Crippen LogP contribution in [0.2, 0.25) is 0 Å². The average Bonchev–Trinajstić information content (AvgIpc) is 2.86. The number of nitrogens with two attached hydrogens (primary N) is 1. The molecule has 1 atom stereocenters. The molecular weight excluding hydrogens is 264 g/mol. The van der Waals surface area contributed by atoms with E-state index >= 15 is 0 Å². The van der Waals surface area contributed by atoms with Gasteiger partial charge in [0.15, 0.2) is 0 Å². The van der Waals surface area contributed by atoms with Crippen LogP contribution in [0.1, 0.15) is 32.3 Å². The quantitative estimate of drug-likeness (QED) is 0.608. The van der Waals surface area contributed by atoms with Crippen molar-refractivity contribution in [3.63, 3.8) is 0 Å². The molecule has 3 N–H and O–H groups in total. The third kappa shape index (κ3) is 4.33. The van der Waals surface area contributed by atoms with Gasteiger partial charge in [-0.25, -0.2) is 0 Å². The molecule has 4 nitrogen and oxygen atoms in total. The fourth-order valence-corrected chi connectivity index (χ4v) is 2.39. The van der Waals surface area contributed by atoms with Crippen molar-refractivity contribution in [2.24, 2.45) is 11.7 Å². The Morgan fingerprint density at radius 2 is 2.10 bits per heavy atom. The Morgan fingerprint density at radius 3 is 2.86 bits per heavy atom. The number of hydrogen-bond acceptors (Lipinski definition) is 3. The molecule has 0 bridgehead atoms. The molecule has 114 valence electrons. The van der Waals surface area contributed by atoms with Crippen molar-refractivity contribution in [1.29, 1.82) is 0 Å². The van der Waals surface area contributed by atoms with Gasteiger partial charge in [0.1, 0.15) is 6.04 Å². The van der Waals surface area contributed by atoms with Crippen molar-refractivity contribution in [3.8, 4) is 0 Å². The summed E-state index contributed by atoms with van der Waals surface area (Å²) in [6.07, 6.45) is 4.36. The lowest BCUT2D eigenvalue weighted by Crippen LogP contribution is -2.34. The fraction of sp³-hybridized carbons (Fsp3) is 0.471. The van der Waals surface area contributed by atoms with Crippen LogP contribution >= 0.6 is 0 Å². The van der Waals surface area contributed by atoms with Crippen molar-refractivity contribution in [3.05, 3.63) is 36.0 Å². The van der Waals surface area contributed by atoms with Crippen molar-refractivity contribution >= 4 is 16.9 Å². The Morgan fingerprint density at radius 1 is 1.33 bits per heavy atom. The van der Waals surface area contributed by atoms with Crippen LogP contribution in [0.5, 0.6) is 0 Å². The zero-order valence-corrected chi connectivity index (χ0v) is 12.8. The SMILES string of the molecule is CC(C)CCCOC(=O)[C@H](N)Cc1c[nH]c2ccccc12. The summed E-state index contributed by atoms with van der Waals surface area (Å²) < 4.78 is 5.24. The van der Waals surface area contributed by atoms with Crippen molar-refractivity contribution in [2.75, 3.05) is 6.61 Å². The van der Waals surface area contributed by atoms with Gasteiger partial charge in [-0.3, -0.25) is 4.79 Å². The molecule has 0 saturated carbocycles. The van der Waals surface area contributed by atoms with Crippen molar-refractivity contribution in [2.45, 2.75) is 39.2 Å². The van der Waals surface area contributed by atoms with E-state index in [1.165, 1.54) is 0 Å². The zero-order valence-electron chi connectivity index (χ0n) is 12.8. The fourth-order valence-electron chi connectivity index (χ4n) is 2.39. The number of H-pyrrole nitrogens is 1. The zero-order chi connectivity index (χ0) is 15.2. The van der Waals surface area contributed by atoms with Gasteiger partial charge in [-0.2, -0.15) is 0 Å². The Balaban J connectivity index is 1.86. The molecule has 0 fully saturated rings. The van der Waals surface area contributed by atoms with Gasteiger partial charge in [-0.05, 0) is 30.4 Å². The summed E-state index contributed by atoms with van der Waals surface area (Å²) in [6.45, 7) is 4.77. The number of carbonyl (C=O) groups is 1. The van der Waals surface area contributed by atoms with Gasteiger partial charge in [0.2, 0.25) is 0 Å². The first kappa shape index (κ1) is 15.6. The van der Waals surface area contributed by atoms with Crippen LogP contribution in [0.4, 0.5) is 0 Å². The molecule has 1 heterocycles. The van der Waals surface area contributed by atoms with Crippen LogP contribution in [-0.4, -0.2) is 23.6 Å². The van der Waals surface area contributed by atoms with Gasteiger partial charge in [0.05, 0.1) is 6.61 Å². The number of aromatic amines is 1. The number of ether oxygens (including phenoxy) is 1. The summed E-state index contributed by atoms with van der Waals surface area (Å²) in [7, 11) is 0. The summed E-state index contributed by atoms with van der Waals surface area (Å²) in [5, 5.41) is 1.11. The molecule has 0 amide bonds. The van der Waals surface area contributed by atoms with Crippen LogP contribution in [0.15, 0.2) is 30.5 Å². The monoisotopic (exact) mass is 288 g/mol. The molecule has 4 heteroatoms. The Labute approximate surface area is 125 Å². The van der Waals surface area contributed by atoms with E-state index in [1.54, 1.807) is 0 Å². The second kappa shape index (κ2) is 7.27. The van der Waals surface area contributed by atoms with Crippen molar-refractivity contribution < 1.29 is 9.53 Å². The number of rotatable bonds is 7. The van der Waals surface area contributed by atoms with E-state index in [9.17, 15) is 4.79 Å². The van der Waals surface area contributed by atoms with E-state index in [0.29, 0.717) is 18.9 Å². The van der Waals surface area contributed by atoms with Gasteiger partial charge < -0.3 is 15.5 Å². The Bertz CT molecular complexity index is 589. The highest BCUT2D eigenvalue weighted by atomic mass is 16.5. The second-order valence-electron chi connectivity index (χ2n) is 5.87. The Kier molecular flexibility index (Phi) is 5.39. The number of benzene rings is 1. The van der Waals surface area contributed by atoms with Gasteiger partial charge in [0, 0.05) is 23.5 Å². The van der Waals surface area contributed by atoms with Crippen molar-refractivity contribution in [1.82, 2.24) is 4.98 Å². The predicted octanol–water partition coefficient (Wildman–Crippen LogP) is 3.02. The number of hydrogen-bond donors (Lipinski definition) is 2. The lowest BCUT2D eigenvalue weighted by Gasteiger charge is -2.11. The highest BCUT2D eigenvalue weighted by Crippen LogP contribution is 2.19.